The van der Waals surface area contributed by atoms with E-state index in [0.29, 0.717) is 17.3 Å². The Labute approximate surface area is 160 Å². The van der Waals surface area contributed by atoms with E-state index in [9.17, 15) is 9.18 Å². The molecule has 0 N–H and O–H groups in total. The molecule has 2 atom stereocenters. The molecule has 1 aromatic heterocycles. The monoisotopic (exact) mass is 380 g/mol. The number of ether oxygens (including phenoxy) is 2. The lowest BCUT2D eigenvalue weighted by molar-refractivity contribution is 0.0718. The van der Waals surface area contributed by atoms with Gasteiger partial charge < -0.3 is 18.9 Å². The van der Waals surface area contributed by atoms with Gasteiger partial charge in [0.25, 0.3) is 5.91 Å². The quantitative estimate of drug-likeness (QED) is 0.687. The number of halogens is 1. The van der Waals surface area contributed by atoms with E-state index < -0.39 is 6.17 Å². The summed E-state index contributed by atoms with van der Waals surface area (Å²) in [5.74, 6) is 1.38. The Morgan fingerprint density at radius 2 is 1.89 bits per heavy atom. The van der Waals surface area contributed by atoms with Crippen molar-refractivity contribution in [2.24, 2.45) is 0 Å². The molecule has 1 fully saturated rings. The number of rotatable bonds is 3. The second-order valence-electron chi connectivity index (χ2n) is 6.86. The minimum Gasteiger partial charge on any atom is -0.454 e. The van der Waals surface area contributed by atoms with Crippen molar-refractivity contribution in [1.29, 1.82) is 0 Å². The topological polar surface area (TPSA) is 64.8 Å². The van der Waals surface area contributed by atoms with Crippen molar-refractivity contribution in [3.8, 4) is 22.8 Å². The van der Waals surface area contributed by atoms with E-state index in [0.717, 1.165) is 11.1 Å². The molecule has 0 aliphatic carbocycles. The van der Waals surface area contributed by atoms with Crippen LogP contribution in [-0.2, 0) is 0 Å². The average Bonchev–Trinajstić information content (AvgIpc) is 3.46. The summed E-state index contributed by atoms with van der Waals surface area (Å²) < 4.78 is 30.2. The molecule has 2 aliphatic rings. The molecule has 3 heterocycles. The smallest absolute Gasteiger partial charge is 0.276 e. The van der Waals surface area contributed by atoms with Gasteiger partial charge in [0.1, 0.15) is 6.17 Å². The van der Waals surface area contributed by atoms with E-state index in [1.807, 2.05) is 36.4 Å². The second kappa shape index (κ2) is 6.67. The van der Waals surface area contributed by atoms with Gasteiger partial charge in [0.2, 0.25) is 6.79 Å². The summed E-state index contributed by atoms with van der Waals surface area (Å²) in [5.41, 5.74) is 1.79. The van der Waals surface area contributed by atoms with Gasteiger partial charge in [0.05, 0.1) is 12.6 Å². The van der Waals surface area contributed by atoms with E-state index in [1.54, 1.807) is 18.2 Å². The molecule has 2 aliphatic heterocycles. The predicted octanol–water partition coefficient (Wildman–Crippen LogP) is 4.00. The van der Waals surface area contributed by atoms with Crippen LogP contribution in [-0.4, -0.2) is 35.5 Å². The van der Waals surface area contributed by atoms with Gasteiger partial charge in [0, 0.05) is 18.1 Å². The number of hydrogen-bond acceptors (Lipinski definition) is 5. The molecule has 0 radical (unpaired) electrons. The molecule has 3 aromatic rings. The maximum absolute atomic E-state index is 14.1. The predicted molar refractivity (Wildman–Crippen MR) is 97.8 cm³/mol. The Kier molecular flexibility index (Phi) is 4.00. The molecular weight excluding hydrogens is 363 g/mol. The second-order valence-corrected chi connectivity index (χ2v) is 6.86. The van der Waals surface area contributed by atoms with Crippen LogP contribution in [0.1, 0.15) is 28.5 Å². The van der Waals surface area contributed by atoms with Gasteiger partial charge in [0.15, 0.2) is 23.0 Å². The summed E-state index contributed by atoms with van der Waals surface area (Å²) in [6.07, 6.45) is -0.780. The third-order valence-electron chi connectivity index (χ3n) is 5.08. The fourth-order valence-electron chi connectivity index (χ4n) is 3.71. The Bertz CT molecular complexity index is 1020. The zero-order valence-corrected chi connectivity index (χ0v) is 14.9. The fraction of sp³-hybridized carbons (Fsp3) is 0.238. The fourth-order valence-corrected chi connectivity index (χ4v) is 3.71. The highest BCUT2D eigenvalue weighted by molar-refractivity contribution is 5.93. The lowest BCUT2D eigenvalue weighted by Crippen LogP contribution is -2.31. The molecule has 6 nitrogen and oxygen atoms in total. The van der Waals surface area contributed by atoms with Crippen molar-refractivity contribution in [3.05, 3.63) is 65.9 Å². The Morgan fingerprint density at radius 3 is 2.75 bits per heavy atom. The van der Waals surface area contributed by atoms with Gasteiger partial charge >= 0.3 is 0 Å². The maximum Gasteiger partial charge on any atom is 0.276 e. The van der Waals surface area contributed by atoms with E-state index in [-0.39, 0.29) is 37.4 Å². The molecule has 0 bridgehead atoms. The number of hydrogen-bond donors (Lipinski definition) is 0. The number of benzene rings is 2. The highest BCUT2D eigenvalue weighted by Crippen LogP contribution is 2.37. The van der Waals surface area contributed by atoms with Gasteiger partial charge in [-0.15, -0.1) is 0 Å². The summed E-state index contributed by atoms with van der Waals surface area (Å²) in [5, 5.41) is 3.92. The average molecular weight is 380 g/mol. The van der Waals surface area contributed by atoms with E-state index in [1.165, 1.54) is 4.90 Å². The molecule has 0 spiro atoms. The van der Waals surface area contributed by atoms with Gasteiger partial charge in [-0.1, -0.05) is 35.5 Å². The van der Waals surface area contributed by atoms with Crippen molar-refractivity contribution < 1.29 is 23.2 Å². The van der Waals surface area contributed by atoms with Crippen molar-refractivity contribution in [3.63, 3.8) is 0 Å². The molecule has 2 aromatic carbocycles. The van der Waals surface area contributed by atoms with Gasteiger partial charge in [-0.05, 0) is 23.8 Å². The van der Waals surface area contributed by atoms with Crippen LogP contribution < -0.4 is 9.47 Å². The van der Waals surface area contributed by atoms with Crippen molar-refractivity contribution in [1.82, 2.24) is 10.1 Å². The Morgan fingerprint density at radius 1 is 1.07 bits per heavy atom. The first-order valence-corrected chi connectivity index (χ1v) is 9.06. The Balaban J connectivity index is 1.41. The molecule has 1 amide bonds. The number of nitrogens with zero attached hydrogens (tertiary/aromatic N) is 2. The SMILES string of the molecule is O=C(c1cc(-c2ccc3c(c2)OCO3)on1)N1C[C@@H](F)C[C@H]1c1ccccc1. The number of carbonyl (C=O) groups excluding carboxylic acids is 1. The van der Waals surface area contributed by atoms with Gasteiger partial charge in [-0.2, -0.15) is 0 Å². The largest absolute Gasteiger partial charge is 0.454 e. The minimum absolute atomic E-state index is 0.0462. The van der Waals surface area contributed by atoms with Crippen molar-refractivity contribution in [2.45, 2.75) is 18.6 Å². The summed E-state index contributed by atoms with van der Waals surface area (Å²) in [6, 6.07) is 16.1. The molecule has 5 rings (SSSR count). The van der Waals surface area contributed by atoms with E-state index in [4.69, 9.17) is 14.0 Å². The van der Waals surface area contributed by atoms with E-state index >= 15 is 0 Å². The number of carbonyl (C=O) groups is 1. The van der Waals surface area contributed by atoms with Crippen molar-refractivity contribution in [2.75, 3.05) is 13.3 Å². The summed E-state index contributed by atoms with van der Waals surface area (Å²) in [4.78, 5) is 14.5. The highest BCUT2D eigenvalue weighted by atomic mass is 19.1. The van der Waals surface area contributed by atoms with Crippen LogP contribution >= 0.6 is 0 Å². The van der Waals surface area contributed by atoms with Crippen molar-refractivity contribution >= 4 is 5.91 Å². The number of likely N-dealkylation sites (tertiary alicyclic amines) is 1. The van der Waals surface area contributed by atoms with Gasteiger partial charge in [-0.25, -0.2) is 4.39 Å². The number of fused-ring (bicyclic) bond motifs is 1. The standard InChI is InChI=1S/C21H17FN2O4/c22-15-9-17(13-4-2-1-3-5-13)24(11-15)21(25)16-10-19(28-23-16)14-6-7-18-20(8-14)27-12-26-18/h1-8,10,15,17H,9,11-12H2/t15-,17-/m0/s1. The van der Waals surface area contributed by atoms with Crippen LogP contribution in [0.4, 0.5) is 4.39 Å². The van der Waals surface area contributed by atoms with E-state index in [2.05, 4.69) is 5.16 Å². The molecule has 0 unspecified atom stereocenters. The van der Waals surface area contributed by atoms with Crippen LogP contribution in [0.5, 0.6) is 11.5 Å². The van der Waals surface area contributed by atoms with Crippen LogP contribution in [0.3, 0.4) is 0 Å². The molecule has 28 heavy (non-hydrogen) atoms. The normalized spacial score (nSPS) is 20.5. The molecule has 1 saturated heterocycles. The zero-order valence-electron chi connectivity index (χ0n) is 14.9. The first-order valence-electron chi connectivity index (χ1n) is 9.06. The lowest BCUT2D eigenvalue weighted by atomic mass is 10.0. The number of aromatic nitrogens is 1. The molecular formula is C21H17FN2O4. The molecule has 0 saturated carbocycles. The van der Waals surface area contributed by atoms with Crippen LogP contribution in [0.2, 0.25) is 0 Å². The summed E-state index contributed by atoms with van der Waals surface area (Å²) >= 11 is 0. The third kappa shape index (κ3) is 2.89. The third-order valence-corrected chi connectivity index (χ3v) is 5.08. The Hall–Kier alpha value is -3.35. The number of alkyl halides is 1. The minimum atomic E-state index is -1.06. The van der Waals surface area contributed by atoms with Crippen LogP contribution in [0.15, 0.2) is 59.1 Å². The first-order chi connectivity index (χ1) is 13.7. The molecule has 7 heteroatoms. The summed E-state index contributed by atoms with van der Waals surface area (Å²) in [6.45, 7) is 0.226. The maximum atomic E-state index is 14.1. The van der Waals surface area contributed by atoms with Crippen LogP contribution in [0.25, 0.3) is 11.3 Å². The lowest BCUT2D eigenvalue weighted by Gasteiger charge is -2.23. The first kappa shape index (κ1) is 16.8. The summed E-state index contributed by atoms with van der Waals surface area (Å²) in [7, 11) is 0. The molecule has 142 valence electrons. The van der Waals surface area contributed by atoms with Gasteiger partial charge in [-0.3, -0.25) is 4.79 Å². The zero-order chi connectivity index (χ0) is 19.1. The number of amides is 1. The van der Waals surface area contributed by atoms with Crippen LogP contribution in [0, 0.1) is 0 Å². The highest BCUT2D eigenvalue weighted by Gasteiger charge is 2.37.